The molecule has 1 unspecified atom stereocenters. The molecule has 1 saturated heterocycles. The molecule has 0 aromatic heterocycles. The first kappa shape index (κ1) is 9.87. The van der Waals surface area contributed by atoms with Crippen LogP contribution in [0, 0.1) is 0 Å². The lowest BCUT2D eigenvalue weighted by molar-refractivity contribution is 1.30. The fourth-order valence-corrected chi connectivity index (χ4v) is 3.58. The van der Waals surface area contributed by atoms with Gasteiger partial charge >= 0.3 is 0 Å². The van der Waals surface area contributed by atoms with E-state index in [0.29, 0.717) is 5.25 Å². The fraction of sp³-hybridized carbons (Fsp3) is 0.182. The van der Waals surface area contributed by atoms with Gasteiger partial charge < -0.3 is 0 Å². The van der Waals surface area contributed by atoms with Gasteiger partial charge in [-0.05, 0) is 12.1 Å². The summed E-state index contributed by atoms with van der Waals surface area (Å²) in [5, 5.41) is 0.530. The molecule has 0 radical (unpaired) electrons. The van der Waals surface area contributed by atoms with E-state index in [2.05, 4.69) is 11.6 Å². The van der Waals surface area contributed by atoms with Gasteiger partial charge in [-0.1, -0.05) is 47.8 Å². The number of benzene rings is 1. The zero-order valence-electron chi connectivity index (χ0n) is 7.72. The van der Waals surface area contributed by atoms with Gasteiger partial charge in [0.05, 0.1) is 5.69 Å². The van der Waals surface area contributed by atoms with Crippen molar-refractivity contribution in [2.45, 2.75) is 5.25 Å². The van der Waals surface area contributed by atoms with Crippen LogP contribution in [0.2, 0.25) is 0 Å². The van der Waals surface area contributed by atoms with Gasteiger partial charge in [0.2, 0.25) is 0 Å². The van der Waals surface area contributed by atoms with Crippen LogP contribution in [0.25, 0.3) is 0 Å². The molecule has 14 heavy (non-hydrogen) atoms. The van der Waals surface area contributed by atoms with Gasteiger partial charge in [0.15, 0.2) is 0 Å². The van der Waals surface area contributed by atoms with Crippen molar-refractivity contribution in [3.05, 3.63) is 43.0 Å². The largest absolute Gasteiger partial charge is 0.235 e. The number of para-hydroxylation sites is 1. The first-order chi connectivity index (χ1) is 6.88. The number of rotatable bonds is 2. The van der Waals surface area contributed by atoms with E-state index in [4.69, 9.17) is 0 Å². The zero-order valence-corrected chi connectivity index (χ0v) is 9.35. The number of hydrogen-bond donors (Lipinski definition) is 0. The molecule has 1 nitrogen and oxygen atoms in total. The Labute approximate surface area is 92.7 Å². The number of nitrogens with zero attached hydrogens (tertiary/aromatic N) is 1. The Morgan fingerprint density at radius 1 is 1.36 bits per heavy atom. The molecule has 2 rings (SSSR count). The van der Waals surface area contributed by atoms with Crippen molar-refractivity contribution in [2.75, 3.05) is 5.75 Å². The summed E-state index contributed by atoms with van der Waals surface area (Å²) in [5.74, 6) is 1.10. The maximum atomic E-state index is 4.55. The molecule has 0 spiro atoms. The monoisotopic (exact) mass is 221 g/mol. The Morgan fingerprint density at radius 2 is 2.14 bits per heavy atom. The van der Waals surface area contributed by atoms with Crippen LogP contribution in [-0.2, 0) is 0 Å². The van der Waals surface area contributed by atoms with E-state index in [1.54, 1.807) is 11.8 Å². The van der Waals surface area contributed by atoms with Gasteiger partial charge in [0, 0.05) is 11.0 Å². The maximum absolute atomic E-state index is 4.55. The minimum Gasteiger partial charge on any atom is -0.235 e. The summed E-state index contributed by atoms with van der Waals surface area (Å²) in [6, 6.07) is 10.1. The van der Waals surface area contributed by atoms with E-state index in [-0.39, 0.29) is 0 Å². The predicted molar refractivity (Wildman–Crippen MR) is 67.6 cm³/mol. The van der Waals surface area contributed by atoms with Gasteiger partial charge in [0.1, 0.15) is 4.38 Å². The van der Waals surface area contributed by atoms with E-state index < -0.39 is 0 Å². The Hall–Kier alpha value is -0.670. The van der Waals surface area contributed by atoms with Crippen molar-refractivity contribution in [2.24, 2.45) is 4.99 Å². The molecule has 1 atom stereocenters. The van der Waals surface area contributed by atoms with Crippen molar-refractivity contribution < 1.29 is 0 Å². The van der Waals surface area contributed by atoms with Gasteiger partial charge in [0.25, 0.3) is 0 Å². The van der Waals surface area contributed by atoms with Gasteiger partial charge in [-0.15, -0.1) is 6.58 Å². The minimum atomic E-state index is 0.530. The Bertz CT molecular complexity index is 346. The molecule has 1 aromatic rings. The Balaban J connectivity index is 2.10. The van der Waals surface area contributed by atoms with Crippen LogP contribution in [-0.4, -0.2) is 15.4 Å². The summed E-state index contributed by atoms with van der Waals surface area (Å²) in [6.45, 7) is 3.80. The normalized spacial score (nSPS) is 24.0. The molecule has 3 heteroatoms. The third kappa shape index (κ3) is 2.42. The molecule has 0 bridgehead atoms. The molecule has 1 aliphatic rings. The van der Waals surface area contributed by atoms with Crippen molar-refractivity contribution in [3.8, 4) is 0 Å². The van der Waals surface area contributed by atoms with Gasteiger partial charge in [-0.25, -0.2) is 4.99 Å². The first-order valence-electron chi connectivity index (χ1n) is 4.44. The number of aliphatic imine (C=N–C) groups is 1. The third-order valence-corrected chi connectivity index (χ3v) is 4.53. The van der Waals surface area contributed by atoms with Crippen LogP contribution in [0.3, 0.4) is 0 Å². The van der Waals surface area contributed by atoms with Crippen LogP contribution in [0.5, 0.6) is 0 Å². The molecule has 1 aliphatic heterocycles. The fourth-order valence-electron chi connectivity index (χ4n) is 1.13. The van der Waals surface area contributed by atoms with Crippen LogP contribution in [0.1, 0.15) is 0 Å². The average Bonchev–Trinajstić information content (AvgIpc) is 2.67. The van der Waals surface area contributed by atoms with E-state index in [1.165, 1.54) is 0 Å². The molecule has 0 amide bonds. The van der Waals surface area contributed by atoms with Crippen LogP contribution in [0.4, 0.5) is 5.69 Å². The third-order valence-electron chi connectivity index (χ3n) is 1.86. The lowest BCUT2D eigenvalue weighted by atomic mass is 10.3. The molecule has 1 heterocycles. The average molecular weight is 221 g/mol. The predicted octanol–water partition coefficient (Wildman–Crippen LogP) is 3.71. The quantitative estimate of drug-likeness (QED) is 0.706. The second-order valence-corrected chi connectivity index (χ2v) is 5.41. The topological polar surface area (TPSA) is 12.4 Å². The number of hydrogen-bond acceptors (Lipinski definition) is 3. The number of thioether (sulfide) groups is 2. The molecular weight excluding hydrogens is 210 g/mol. The van der Waals surface area contributed by atoms with Crippen LogP contribution in [0.15, 0.2) is 48.0 Å². The van der Waals surface area contributed by atoms with Crippen molar-refractivity contribution >= 4 is 33.6 Å². The highest BCUT2D eigenvalue weighted by Gasteiger charge is 2.19. The van der Waals surface area contributed by atoms with Crippen molar-refractivity contribution in [3.63, 3.8) is 0 Å². The maximum Gasteiger partial charge on any atom is 0.131 e. The lowest BCUT2D eigenvalue weighted by Gasteiger charge is -1.96. The van der Waals surface area contributed by atoms with Gasteiger partial charge in [-0.2, -0.15) is 0 Å². The highest BCUT2D eigenvalue weighted by molar-refractivity contribution is 8.41. The molecule has 1 fully saturated rings. The second-order valence-electron chi connectivity index (χ2n) is 2.92. The lowest BCUT2D eigenvalue weighted by Crippen LogP contribution is -1.92. The Morgan fingerprint density at radius 3 is 2.79 bits per heavy atom. The van der Waals surface area contributed by atoms with Gasteiger partial charge in [-0.3, -0.25) is 0 Å². The molecule has 0 aliphatic carbocycles. The van der Waals surface area contributed by atoms with Crippen molar-refractivity contribution in [1.82, 2.24) is 0 Å². The molecule has 0 saturated carbocycles. The smallest absolute Gasteiger partial charge is 0.131 e. The molecule has 1 aromatic carbocycles. The first-order valence-corrected chi connectivity index (χ1v) is 6.31. The molecule has 72 valence electrons. The summed E-state index contributed by atoms with van der Waals surface area (Å²) in [7, 11) is 0. The van der Waals surface area contributed by atoms with Crippen molar-refractivity contribution in [1.29, 1.82) is 0 Å². The zero-order chi connectivity index (χ0) is 9.80. The Kier molecular flexibility index (Phi) is 3.32. The van der Waals surface area contributed by atoms with E-state index in [1.807, 2.05) is 48.2 Å². The summed E-state index contributed by atoms with van der Waals surface area (Å²) < 4.78 is 1.15. The minimum absolute atomic E-state index is 0.530. The summed E-state index contributed by atoms with van der Waals surface area (Å²) >= 11 is 3.61. The highest BCUT2D eigenvalue weighted by atomic mass is 32.2. The highest BCUT2D eigenvalue weighted by Crippen LogP contribution is 2.35. The van der Waals surface area contributed by atoms with E-state index >= 15 is 0 Å². The standard InChI is InChI=1S/C11H11NS2/c1-2-10-8-13-11(14-10)12-9-6-4-3-5-7-9/h2-7,10H,1,8H2. The van der Waals surface area contributed by atoms with E-state index in [9.17, 15) is 0 Å². The molecular formula is C11H11NS2. The summed E-state index contributed by atoms with van der Waals surface area (Å²) in [4.78, 5) is 4.55. The summed E-state index contributed by atoms with van der Waals surface area (Å²) in [5.41, 5.74) is 1.03. The van der Waals surface area contributed by atoms with Crippen LogP contribution >= 0.6 is 23.5 Å². The summed E-state index contributed by atoms with van der Waals surface area (Å²) in [6.07, 6.45) is 1.99. The SMILES string of the molecule is C=CC1CSC(=Nc2ccccc2)S1. The second kappa shape index (κ2) is 4.71. The molecule has 0 N–H and O–H groups in total. The van der Waals surface area contributed by atoms with E-state index in [0.717, 1.165) is 15.8 Å². The van der Waals surface area contributed by atoms with Crippen LogP contribution < -0.4 is 0 Å².